The van der Waals surface area contributed by atoms with Crippen LogP contribution < -0.4 is 10.9 Å². The van der Waals surface area contributed by atoms with Crippen LogP contribution in [0.15, 0.2) is 65.6 Å². The number of hydrogen-bond donors (Lipinski definition) is 2. The molecule has 0 aliphatic carbocycles. The molecule has 2 heterocycles. The molecule has 0 atom stereocenters. The van der Waals surface area contributed by atoms with Gasteiger partial charge in [-0.05, 0) is 41.5 Å². The van der Waals surface area contributed by atoms with Gasteiger partial charge >= 0.3 is 0 Å². The molecule has 0 bridgehead atoms. The minimum atomic E-state index is -0.0760. The van der Waals surface area contributed by atoms with E-state index in [1.165, 1.54) is 0 Å². The number of nitrogens with zero attached hydrogens (tertiary/aromatic N) is 2. The van der Waals surface area contributed by atoms with Gasteiger partial charge in [0, 0.05) is 43.3 Å². The van der Waals surface area contributed by atoms with Gasteiger partial charge in [-0.2, -0.15) is 0 Å². The van der Waals surface area contributed by atoms with Crippen molar-refractivity contribution >= 4 is 22.6 Å². The van der Waals surface area contributed by atoms with Crippen LogP contribution in [0.4, 0.5) is 0 Å². The van der Waals surface area contributed by atoms with Crippen LogP contribution in [-0.2, 0) is 20.0 Å². The maximum atomic E-state index is 12.2. The molecule has 0 saturated heterocycles. The molecule has 2 aromatic carbocycles. The summed E-state index contributed by atoms with van der Waals surface area (Å²) in [6.45, 7) is 1.24. The number of benzene rings is 2. The molecule has 4 aromatic rings. The maximum absolute atomic E-state index is 12.2. The Balaban J connectivity index is 1.42. The highest BCUT2D eigenvalue weighted by Crippen LogP contribution is 2.20. The minimum Gasteiger partial charge on any atom is -0.331 e. The Morgan fingerprint density at radius 1 is 1.11 bits per heavy atom. The molecule has 4 rings (SSSR count). The summed E-state index contributed by atoms with van der Waals surface area (Å²) >= 11 is 5.95. The van der Waals surface area contributed by atoms with Gasteiger partial charge in [0.1, 0.15) is 5.82 Å². The highest BCUT2D eigenvalue weighted by molar-refractivity contribution is 6.30. The van der Waals surface area contributed by atoms with Crippen LogP contribution in [0.2, 0.25) is 5.02 Å². The van der Waals surface area contributed by atoms with E-state index in [9.17, 15) is 4.79 Å². The minimum absolute atomic E-state index is 0.0760. The number of halogens is 1. The predicted octanol–water partition coefficient (Wildman–Crippen LogP) is 3.91. The number of aromatic nitrogens is 3. The van der Waals surface area contributed by atoms with E-state index >= 15 is 0 Å². The summed E-state index contributed by atoms with van der Waals surface area (Å²) in [6.07, 6.45) is 2.52. The lowest BCUT2D eigenvalue weighted by Gasteiger charge is -2.07. The van der Waals surface area contributed by atoms with Crippen LogP contribution in [0.25, 0.3) is 22.2 Å². The molecular weight excluding hydrogens is 372 g/mol. The van der Waals surface area contributed by atoms with Crippen LogP contribution >= 0.6 is 11.6 Å². The Kier molecular flexibility index (Phi) is 5.28. The lowest BCUT2D eigenvalue weighted by atomic mass is 10.1. The van der Waals surface area contributed by atoms with Crippen LogP contribution in [0, 0.1) is 0 Å². The zero-order valence-electron chi connectivity index (χ0n) is 15.6. The Bertz CT molecular complexity index is 1160. The topological polar surface area (TPSA) is 62.7 Å². The smallest absolute Gasteiger partial charge is 0.252 e. The molecule has 0 aliphatic rings. The maximum Gasteiger partial charge on any atom is 0.252 e. The van der Waals surface area contributed by atoms with E-state index in [2.05, 4.69) is 25.9 Å². The first-order valence-corrected chi connectivity index (χ1v) is 9.58. The van der Waals surface area contributed by atoms with E-state index in [-0.39, 0.29) is 5.56 Å². The predicted molar refractivity (Wildman–Crippen MR) is 114 cm³/mol. The number of fused-ring (bicyclic) bond motifs is 1. The molecule has 0 fully saturated rings. The third-order valence-electron chi connectivity index (χ3n) is 4.88. The third-order valence-corrected chi connectivity index (χ3v) is 5.13. The monoisotopic (exact) mass is 392 g/mol. The summed E-state index contributed by atoms with van der Waals surface area (Å²) in [7, 11) is 2.03. The van der Waals surface area contributed by atoms with Gasteiger partial charge < -0.3 is 14.9 Å². The number of imidazole rings is 1. The van der Waals surface area contributed by atoms with Gasteiger partial charge in [0.2, 0.25) is 0 Å². The highest BCUT2D eigenvalue weighted by Gasteiger charge is 2.07. The van der Waals surface area contributed by atoms with Crippen molar-refractivity contribution in [2.45, 2.75) is 13.0 Å². The van der Waals surface area contributed by atoms with Crippen molar-refractivity contribution in [3.8, 4) is 11.1 Å². The lowest BCUT2D eigenvalue weighted by Crippen LogP contribution is -2.23. The molecule has 0 unspecified atom stereocenters. The number of rotatable bonds is 6. The molecule has 0 radical (unpaired) electrons. The molecule has 0 amide bonds. The van der Waals surface area contributed by atoms with Gasteiger partial charge in [-0.1, -0.05) is 35.9 Å². The van der Waals surface area contributed by atoms with Crippen molar-refractivity contribution in [1.82, 2.24) is 19.9 Å². The third kappa shape index (κ3) is 3.86. The van der Waals surface area contributed by atoms with E-state index in [0.717, 1.165) is 41.0 Å². The van der Waals surface area contributed by atoms with Crippen LogP contribution in [0.1, 0.15) is 11.4 Å². The first-order chi connectivity index (χ1) is 13.6. The Morgan fingerprint density at radius 3 is 2.68 bits per heavy atom. The second kappa shape index (κ2) is 8.00. The summed E-state index contributed by atoms with van der Waals surface area (Å²) in [5.74, 6) is 1.03. The number of para-hydroxylation sites is 2. The van der Waals surface area contributed by atoms with Crippen molar-refractivity contribution in [1.29, 1.82) is 0 Å². The van der Waals surface area contributed by atoms with E-state index in [4.69, 9.17) is 11.6 Å². The second-order valence-corrected chi connectivity index (χ2v) is 7.19. The van der Waals surface area contributed by atoms with Gasteiger partial charge in [-0.25, -0.2) is 4.98 Å². The number of aromatic amines is 1. The summed E-state index contributed by atoms with van der Waals surface area (Å²) in [6, 6.07) is 17.6. The summed E-state index contributed by atoms with van der Waals surface area (Å²) in [5.41, 5.74) is 4.74. The van der Waals surface area contributed by atoms with Gasteiger partial charge in [-0.3, -0.25) is 4.79 Å². The molecule has 2 N–H and O–H groups in total. The van der Waals surface area contributed by atoms with Crippen molar-refractivity contribution in [3.05, 3.63) is 87.6 Å². The lowest BCUT2D eigenvalue weighted by molar-refractivity contribution is 0.655. The van der Waals surface area contributed by atoms with Gasteiger partial charge in [-0.15, -0.1) is 0 Å². The molecule has 0 saturated carbocycles. The van der Waals surface area contributed by atoms with Crippen LogP contribution in [0.5, 0.6) is 0 Å². The van der Waals surface area contributed by atoms with Crippen molar-refractivity contribution in [2.75, 3.05) is 6.54 Å². The van der Waals surface area contributed by atoms with E-state index < -0.39 is 0 Å². The molecule has 0 spiro atoms. The Labute approximate surface area is 168 Å². The van der Waals surface area contributed by atoms with Gasteiger partial charge in [0.25, 0.3) is 5.56 Å². The largest absolute Gasteiger partial charge is 0.331 e. The summed E-state index contributed by atoms with van der Waals surface area (Å²) in [4.78, 5) is 19.7. The number of pyridine rings is 1. The summed E-state index contributed by atoms with van der Waals surface area (Å²) < 4.78 is 2.12. The molecule has 2 aromatic heterocycles. The fraction of sp³-hybridized carbons (Fsp3) is 0.182. The highest BCUT2D eigenvalue weighted by atomic mass is 35.5. The second-order valence-electron chi connectivity index (χ2n) is 6.75. The fourth-order valence-electron chi connectivity index (χ4n) is 3.31. The SMILES string of the molecule is Cn1c(CCNCc2cc(-c3ccc(Cl)cc3)c[nH]c2=O)nc2ccccc21. The number of nitrogens with one attached hydrogen (secondary N) is 2. The summed E-state index contributed by atoms with van der Waals surface area (Å²) in [5, 5.41) is 4.05. The molecular formula is C22H21ClN4O. The standard InChI is InChI=1S/C22H21ClN4O/c1-27-20-5-3-2-4-19(20)26-21(27)10-11-24-13-17-12-16(14-25-22(17)28)15-6-8-18(23)9-7-15/h2-9,12,14,24H,10-11,13H2,1H3,(H,25,28). The van der Waals surface area contributed by atoms with Crippen LogP contribution in [0.3, 0.4) is 0 Å². The van der Waals surface area contributed by atoms with Crippen molar-refractivity contribution < 1.29 is 0 Å². The zero-order chi connectivity index (χ0) is 19.5. The van der Waals surface area contributed by atoms with E-state index in [0.29, 0.717) is 17.1 Å². The Hall–Kier alpha value is -2.89. The number of aryl methyl sites for hydroxylation is 1. The quantitative estimate of drug-likeness (QED) is 0.489. The molecule has 5 nitrogen and oxygen atoms in total. The van der Waals surface area contributed by atoms with Crippen LogP contribution in [-0.4, -0.2) is 21.1 Å². The number of hydrogen-bond acceptors (Lipinski definition) is 3. The molecule has 0 aliphatic heterocycles. The van der Waals surface area contributed by atoms with E-state index in [1.807, 2.05) is 55.6 Å². The molecule has 6 heteroatoms. The fourth-order valence-corrected chi connectivity index (χ4v) is 3.44. The average molecular weight is 393 g/mol. The Morgan fingerprint density at radius 2 is 1.89 bits per heavy atom. The zero-order valence-corrected chi connectivity index (χ0v) is 16.3. The van der Waals surface area contributed by atoms with E-state index in [1.54, 1.807) is 6.20 Å². The first-order valence-electron chi connectivity index (χ1n) is 9.20. The van der Waals surface area contributed by atoms with Crippen molar-refractivity contribution in [3.63, 3.8) is 0 Å². The van der Waals surface area contributed by atoms with Crippen molar-refractivity contribution in [2.24, 2.45) is 7.05 Å². The molecule has 28 heavy (non-hydrogen) atoms. The normalized spacial score (nSPS) is 11.2. The first kappa shape index (κ1) is 18.5. The van der Waals surface area contributed by atoms with Gasteiger partial charge in [0.05, 0.1) is 11.0 Å². The van der Waals surface area contributed by atoms with Gasteiger partial charge in [0.15, 0.2) is 0 Å². The molecule has 142 valence electrons. The average Bonchev–Trinajstić information content (AvgIpc) is 3.03. The number of H-pyrrole nitrogens is 1.